The van der Waals surface area contributed by atoms with E-state index in [-0.39, 0.29) is 36.8 Å². The van der Waals surface area contributed by atoms with E-state index in [4.69, 9.17) is 9.47 Å². The molecule has 0 spiro atoms. The number of aromatic nitrogens is 3. The van der Waals surface area contributed by atoms with Crippen molar-refractivity contribution in [2.45, 2.75) is 32.7 Å². The van der Waals surface area contributed by atoms with Gasteiger partial charge in [0.15, 0.2) is 17.3 Å². The molecule has 0 fully saturated rings. The number of H-pyrrole nitrogens is 1. The molecule has 32 heavy (non-hydrogen) atoms. The molecule has 0 saturated heterocycles. The van der Waals surface area contributed by atoms with Gasteiger partial charge in [-0.3, -0.25) is 9.59 Å². The summed E-state index contributed by atoms with van der Waals surface area (Å²) in [5, 5.41) is 10.8. The lowest BCUT2D eigenvalue weighted by molar-refractivity contribution is -0.121. The number of hydrogen-bond acceptors (Lipinski definition) is 6. The van der Waals surface area contributed by atoms with Crippen LogP contribution in [-0.4, -0.2) is 34.8 Å². The monoisotopic (exact) mass is 440 g/mol. The molecular formula is C23H25FN4O4. The second kappa shape index (κ2) is 11.0. The summed E-state index contributed by atoms with van der Waals surface area (Å²) in [5.74, 6) is 0.851. The second-order valence-electron chi connectivity index (χ2n) is 7.07. The maximum Gasteiger partial charge on any atom is 0.273 e. The van der Waals surface area contributed by atoms with Crippen LogP contribution in [0.5, 0.6) is 11.5 Å². The molecule has 1 heterocycles. The Hall–Kier alpha value is -3.75. The summed E-state index contributed by atoms with van der Waals surface area (Å²) in [6.45, 7) is 2.86. The van der Waals surface area contributed by atoms with Crippen LogP contribution in [0.3, 0.4) is 0 Å². The van der Waals surface area contributed by atoms with Gasteiger partial charge in [0.2, 0.25) is 5.91 Å². The van der Waals surface area contributed by atoms with Gasteiger partial charge in [-0.25, -0.2) is 4.39 Å². The molecule has 0 unspecified atom stereocenters. The molecule has 0 aliphatic rings. The molecule has 8 nitrogen and oxygen atoms in total. The fourth-order valence-electron chi connectivity index (χ4n) is 2.92. The lowest BCUT2D eigenvalue weighted by Gasteiger charge is -2.11. The van der Waals surface area contributed by atoms with Crippen LogP contribution in [-0.2, 0) is 17.8 Å². The zero-order valence-electron chi connectivity index (χ0n) is 18.0. The lowest BCUT2D eigenvalue weighted by atomic mass is 10.2. The van der Waals surface area contributed by atoms with Crippen LogP contribution in [0.4, 0.5) is 4.39 Å². The number of amides is 1. The Morgan fingerprint density at radius 1 is 1.12 bits per heavy atom. The first-order chi connectivity index (χ1) is 15.5. The number of hydrogen-bond donors (Lipinski definition) is 2. The van der Waals surface area contributed by atoms with Crippen molar-refractivity contribution in [3.63, 3.8) is 0 Å². The Balaban J connectivity index is 1.60. The van der Waals surface area contributed by atoms with Gasteiger partial charge in [-0.1, -0.05) is 19.1 Å². The largest absolute Gasteiger partial charge is 0.493 e. The molecule has 2 N–H and O–H groups in total. The van der Waals surface area contributed by atoms with Crippen LogP contribution < -0.4 is 20.3 Å². The SMILES string of the molecule is CCCOc1ccc(-c2nnc(CCC(=O)NCc3ccc(F)cc3)c(=O)[nH]2)cc1OC. The number of aromatic amines is 1. The summed E-state index contributed by atoms with van der Waals surface area (Å²) in [5.41, 5.74) is 1.16. The molecule has 0 radical (unpaired) electrons. The van der Waals surface area contributed by atoms with Gasteiger partial charge in [0.1, 0.15) is 11.5 Å². The molecule has 1 aromatic heterocycles. The number of rotatable bonds is 10. The minimum atomic E-state index is -0.411. The summed E-state index contributed by atoms with van der Waals surface area (Å²) >= 11 is 0. The zero-order chi connectivity index (χ0) is 22.9. The first-order valence-electron chi connectivity index (χ1n) is 10.3. The maximum absolute atomic E-state index is 12.9. The maximum atomic E-state index is 12.9. The molecule has 1 amide bonds. The van der Waals surface area contributed by atoms with Crippen LogP contribution in [0.2, 0.25) is 0 Å². The zero-order valence-corrected chi connectivity index (χ0v) is 18.0. The van der Waals surface area contributed by atoms with Crippen molar-refractivity contribution in [2.75, 3.05) is 13.7 Å². The highest BCUT2D eigenvalue weighted by Gasteiger charge is 2.12. The molecular weight excluding hydrogens is 415 g/mol. The van der Waals surface area contributed by atoms with Crippen LogP contribution in [0.1, 0.15) is 31.0 Å². The van der Waals surface area contributed by atoms with Gasteiger partial charge in [-0.15, -0.1) is 10.2 Å². The average Bonchev–Trinajstić information content (AvgIpc) is 2.81. The molecule has 0 saturated carbocycles. The van der Waals surface area contributed by atoms with Crippen LogP contribution in [0.15, 0.2) is 47.3 Å². The molecule has 9 heteroatoms. The van der Waals surface area contributed by atoms with Crippen LogP contribution in [0, 0.1) is 5.82 Å². The number of nitrogens with one attached hydrogen (secondary N) is 2. The average molecular weight is 440 g/mol. The van der Waals surface area contributed by atoms with E-state index in [0.717, 1.165) is 12.0 Å². The van der Waals surface area contributed by atoms with Crippen molar-refractivity contribution in [1.82, 2.24) is 20.5 Å². The molecule has 0 aliphatic carbocycles. The van der Waals surface area contributed by atoms with Crippen LogP contribution in [0.25, 0.3) is 11.4 Å². The summed E-state index contributed by atoms with van der Waals surface area (Å²) in [6, 6.07) is 11.1. The van der Waals surface area contributed by atoms with E-state index in [9.17, 15) is 14.0 Å². The number of carbonyl (C=O) groups is 1. The van der Waals surface area contributed by atoms with E-state index in [1.165, 1.54) is 19.2 Å². The number of aryl methyl sites for hydroxylation is 1. The fraction of sp³-hybridized carbons (Fsp3) is 0.304. The van der Waals surface area contributed by atoms with Crippen molar-refractivity contribution >= 4 is 5.91 Å². The Bertz CT molecular complexity index is 1120. The molecule has 3 aromatic rings. The van der Waals surface area contributed by atoms with Crippen molar-refractivity contribution in [1.29, 1.82) is 0 Å². The Morgan fingerprint density at radius 3 is 2.59 bits per heavy atom. The smallest absolute Gasteiger partial charge is 0.273 e. The minimum absolute atomic E-state index is 0.0790. The summed E-state index contributed by atoms with van der Waals surface area (Å²) in [4.78, 5) is 27.2. The van der Waals surface area contributed by atoms with E-state index in [1.54, 1.807) is 30.3 Å². The lowest BCUT2D eigenvalue weighted by Crippen LogP contribution is -2.25. The summed E-state index contributed by atoms with van der Waals surface area (Å²) in [7, 11) is 1.54. The highest BCUT2D eigenvalue weighted by atomic mass is 19.1. The predicted molar refractivity (Wildman–Crippen MR) is 117 cm³/mol. The first-order valence-corrected chi connectivity index (χ1v) is 10.3. The van der Waals surface area contributed by atoms with Gasteiger partial charge in [-0.2, -0.15) is 0 Å². The normalized spacial score (nSPS) is 10.6. The predicted octanol–water partition coefficient (Wildman–Crippen LogP) is 3.02. The van der Waals surface area contributed by atoms with E-state index in [0.29, 0.717) is 29.5 Å². The molecule has 3 rings (SSSR count). The molecule has 0 aliphatic heterocycles. The van der Waals surface area contributed by atoms with Crippen molar-refractivity contribution < 1.29 is 18.7 Å². The third kappa shape index (κ3) is 6.13. The fourth-order valence-corrected chi connectivity index (χ4v) is 2.92. The Kier molecular flexibility index (Phi) is 7.91. The number of ether oxygens (including phenoxy) is 2. The Labute approximate surface area is 184 Å². The topological polar surface area (TPSA) is 106 Å². The first kappa shape index (κ1) is 22.9. The number of carbonyl (C=O) groups excluding carboxylic acids is 1. The van der Waals surface area contributed by atoms with Crippen LogP contribution >= 0.6 is 0 Å². The number of methoxy groups -OCH3 is 1. The van der Waals surface area contributed by atoms with Gasteiger partial charge in [0.05, 0.1) is 13.7 Å². The molecule has 0 bridgehead atoms. The van der Waals surface area contributed by atoms with E-state index >= 15 is 0 Å². The highest BCUT2D eigenvalue weighted by molar-refractivity contribution is 5.76. The number of benzene rings is 2. The quantitative estimate of drug-likeness (QED) is 0.502. The van der Waals surface area contributed by atoms with Crippen molar-refractivity contribution in [2.24, 2.45) is 0 Å². The van der Waals surface area contributed by atoms with E-state index < -0.39 is 5.56 Å². The summed E-state index contributed by atoms with van der Waals surface area (Å²) in [6.07, 6.45) is 1.09. The van der Waals surface area contributed by atoms with E-state index in [2.05, 4.69) is 20.5 Å². The molecule has 2 aromatic carbocycles. The number of nitrogens with zero attached hydrogens (tertiary/aromatic N) is 2. The van der Waals surface area contributed by atoms with E-state index in [1.807, 2.05) is 6.92 Å². The van der Waals surface area contributed by atoms with Gasteiger partial charge in [-0.05, 0) is 42.3 Å². The molecule has 168 valence electrons. The Morgan fingerprint density at radius 2 is 1.91 bits per heavy atom. The van der Waals surface area contributed by atoms with Gasteiger partial charge >= 0.3 is 0 Å². The standard InChI is InChI=1S/C23H25FN4O4/c1-3-12-32-19-10-6-16(13-20(19)31-2)22-26-23(30)18(27-28-22)9-11-21(29)25-14-15-4-7-17(24)8-5-15/h4-8,10,13H,3,9,11-12,14H2,1-2H3,(H,25,29)(H,26,28,30). The number of halogens is 1. The van der Waals surface area contributed by atoms with Gasteiger partial charge in [0.25, 0.3) is 5.56 Å². The van der Waals surface area contributed by atoms with Crippen molar-refractivity contribution in [3.05, 3.63) is 69.9 Å². The minimum Gasteiger partial charge on any atom is -0.493 e. The van der Waals surface area contributed by atoms with Gasteiger partial charge < -0.3 is 19.8 Å². The van der Waals surface area contributed by atoms with Crippen molar-refractivity contribution in [3.8, 4) is 22.9 Å². The third-order valence-electron chi connectivity index (χ3n) is 4.66. The third-order valence-corrected chi connectivity index (χ3v) is 4.66. The van der Waals surface area contributed by atoms with Gasteiger partial charge in [0, 0.05) is 24.9 Å². The summed E-state index contributed by atoms with van der Waals surface area (Å²) < 4.78 is 23.9. The molecule has 0 atom stereocenters. The highest BCUT2D eigenvalue weighted by Crippen LogP contribution is 2.31. The second-order valence-corrected chi connectivity index (χ2v) is 7.07.